The van der Waals surface area contributed by atoms with E-state index in [1.165, 1.54) is 0 Å². The average molecular weight is 259 g/mol. The lowest BCUT2D eigenvalue weighted by Gasteiger charge is -2.08. The summed E-state index contributed by atoms with van der Waals surface area (Å²) >= 11 is 0. The van der Waals surface area contributed by atoms with Crippen molar-refractivity contribution in [2.45, 2.75) is 20.5 Å². The van der Waals surface area contributed by atoms with E-state index in [9.17, 15) is 0 Å². The Morgan fingerprint density at radius 2 is 2.11 bits per heavy atom. The van der Waals surface area contributed by atoms with Gasteiger partial charge in [-0.25, -0.2) is 4.98 Å². The van der Waals surface area contributed by atoms with Crippen LogP contribution < -0.4 is 10.1 Å². The van der Waals surface area contributed by atoms with Crippen LogP contribution >= 0.6 is 0 Å². The monoisotopic (exact) mass is 259 g/mol. The van der Waals surface area contributed by atoms with Crippen molar-refractivity contribution in [1.29, 1.82) is 0 Å². The molecule has 0 atom stereocenters. The highest BCUT2D eigenvalue weighted by atomic mass is 16.5. The van der Waals surface area contributed by atoms with E-state index in [1.54, 1.807) is 12.1 Å². The second kappa shape index (κ2) is 6.15. The summed E-state index contributed by atoms with van der Waals surface area (Å²) in [6.45, 7) is 4.61. The van der Waals surface area contributed by atoms with Gasteiger partial charge in [0.05, 0.1) is 6.61 Å². The van der Waals surface area contributed by atoms with Gasteiger partial charge < -0.3 is 15.2 Å². The number of nitrogens with one attached hydrogen (secondary N) is 1. The van der Waals surface area contributed by atoms with Gasteiger partial charge in [0.15, 0.2) is 0 Å². The van der Waals surface area contributed by atoms with E-state index in [2.05, 4.69) is 15.3 Å². The van der Waals surface area contributed by atoms with Crippen LogP contribution in [-0.2, 0) is 6.61 Å². The highest BCUT2D eigenvalue weighted by molar-refractivity contribution is 5.35. The van der Waals surface area contributed by atoms with Gasteiger partial charge >= 0.3 is 0 Å². The molecule has 0 saturated heterocycles. The number of anilines is 1. The van der Waals surface area contributed by atoms with Crippen molar-refractivity contribution < 1.29 is 9.84 Å². The fourth-order valence-electron chi connectivity index (χ4n) is 1.66. The molecule has 0 unspecified atom stereocenters. The maximum Gasteiger partial charge on any atom is 0.226 e. The molecule has 2 N–H and O–H groups in total. The number of rotatable bonds is 5. The minimum Gasteiger partial charge on any atom is -0.439 e. The van der Waals surface area contributed by atoms with Gasteiger partial charge in [0, 0.05) is 18.3 Å². The van der Waals surface area contributed by atoms with Crippen LogP contribution in [0.1, 0.15) is 18.2 Å². The molecule has 100 valence electrons. The van der Waals surface area contributed by atoms with Crippen molar-refractivity contribution >= 4 is 5.95 Å². The van der Waals surface area contributed by atoms with E-state index in [1.807, 2.05) is 32.0 Å². The molecule has 5 nitrogen and oxygen atoms in total. The number of hydrogen-bond donors (Lipinski definition) is 2. The largest absolute Gasteiger partial charge is 0.439 e. The molecule has 5 heteroatoms. The van der Waals surface area contributed by atoms with Gasteiger partial charge in [-0.05, 0) is 31.5 Å². The van der Waals surface area contributed by atoms with Crippen LogP contribution in [0.5, 0.6) is 11.6 Å². The van der Waals surface area contributed by atoms with E-state index in [0.717, 1.165) is 17.8 Å². The van der Waals surface area contributed by atoms with Crippen molar-refractivity contribution in [3.8, 4) is 11.6 Å². The van der Waals surface area contributed by atoms with Gasteiger partial charge in [-0.1, -0.05) is 12.1 Å². The van der Waals surface area contributed by atoms with Crippen molar-refractivity contribution in [1.82, 2.24) is 9.97 Å². The number of nitrogens with zero attached hydrogens (tertiary/aromatic N) is 2. The van der Waals surface area contributed by atoms with Crippen LogP contribution in [0.4, 0.5) is 5.95 Å². The fourth-order valence-corrected chi connectivity index (χ4v) is 1.66. The van der Waals surface area contributed by atoms with Crippen molar-refractivity contribution in [3.05, 3.63) is 41.6 Å². The standard InChI is InChI=1S/C14H17N3O2/c1-3-15-14-16-10(2)7-13(17-14)19-12-6-4-5-11(8-12)9-18/h4-8,18H,3,9H2,1-2H3,(H,15,16,17). The van der Waals surface area contributed by atoms with E-state index < -0.39 is 0 Å². The highest BCUT2D eigenvalue weighted by Gasteiger charge is 2.04. The maximum atomic E-state index is 9.10. The zero-order chi connectivity index (χ0) is 13.7. The molecular weight excluding hydrogens is 242 g/mol. The zero-order valence-electron chi connectivity index (χ0n) is 11.1. The fraction of sp³-hybridized carbons (Fsp3) is 0.286. The van der Waals surface area contributed by atoms with Crippen LogP contribution in [0.2, 0.25) is 0 Å². The molecule has 0 radical (unpaired) electrons. The van der Waals surface area contributed by atoms with E-state index >= 15 is 0 Å². The lowest BCUT2D eigenvalue weighted by Crippen LogP contribution is -2.04. The molecule has 0 saturated carbocycles. The number of benzene rings is 1. The molecule has 19 heavy (non-hydrogen) atoms. The van der Waals surface area contributed by atoms with Gasteiger partial charge in [-0.2, -0.15) is 4.98 Å². The van der Waals surface area contributed by atoms with E-state index in [0.29, 0.717) is 17.6 Å². The first kappa shape index (κ1) is 13.3. The summed E-state index contributed by atoms with van der Waals surface area (Å²) < 4.78 is 5.69. The molecule has 0 aliphatic heterocycles. The van der Waals surface area contributed by atoms with Crippen molar-refractivity contribution in [2.24, 2.45) is 0 Å². The maximum absolute atomic E-state index is 9.10. The number of aromatic nitrogens is 2. The molecule has 0 amide bonds. The number of ether oxygens (including phenoxy) is 1. The molecule has 0 aliphatic rings. The SMILES string of the molecule is CCNc1nc(C)cc(Oc2cccc(CO)c2)n1. The number of aryl methyl sites for hydroxylation is 1. The minimum atomic E-state index is -0.0113. The summed E-state index contributed by atoms with van der Waals surface area (Å²) in [6.07, 6.45) is 0. The van der Waals surface area contributed by atoms with Crippen LogP contribution in [0, 0.1) is 6.92 Å². The topological polar surface area (TPSA) is 67.3 Å². The van der Waals surface area contributed by atoms with Crippen molar-refractivity contribution in [2.75, 3.05) is 11.9 Å². The smallest absolute Gasteiger partial charge is 0.226 e. The Bertz CT molecular complexity index is 558. The molecular formula is C14H17N3O2. The first-order chi connectivity index (χ1) is 9.21. The minimum absolute atomic E-state index is 0.0113. The second-order valence-electron chi connectivity index (χ2n) is 4.11. The summed E-state index contributed by atoms with van der Waals surface area (Å²) in [6, 6.07) is 9.04. The highest BCUT2D eigenvalue weighted by Crippen LogP contribution is 2.22. The third-order valence-corrected chi connectivity index (χ3v) is 2.47. The molecule has 1 heterocycles. The summed E-state index contributed by atoms with van der Waals surface area (Å²) in [5, 5.41) is 12.1. The number of aliphatic hydroxyl groups excluding tert-OH is 1. The number of aliphatic hydroxyl groups is 1. The van der Waals surface area contributed by atoms with Crippen molar-refractivity contribution in [3.63, 3.8) is 0 Å². The molecule has 0 fully saturated rings. The van der Waals surface area contributed by atoms with Crippen LogP contribution in [0.15, 0.2) is 30.3 Å². The van der Waals surface area contributed by atoms with Gasteiger partial charge in [0.2, 0.25) is 11.8 Å². The Balaban J connectivity index is 2.22. The van der Waals surface area contributed by atoms with Gasteiger partial charge in [0.1, 0.15) is 5.75 Å². The molecule has 2 aromatic rings. The van der Waals surface area contributed by atoms with Gasteiger partial charge in [-0.3, -0.25) is 0 Å². The summed E-state index contributed by atoms with van der Waals surface area (Å²) in [5.74, 6) is 1.68. The number of hydrogen-bond acceptors (Lipinski definition) is 5. The predicted octanol–water partition coefficient (Wildman–Crippen LogP) is 2.50. The third kappa shape index (κ3) is 3.66. The second-order valence-corrected chi connectivity index (χ2v) is 4.11. The molecule has 0 bridgehead atoms. The van der Waals surface area contributed by atoms with Gasteiger partial charge in [0.25, 0.3) is 0 Å². The van der Waals surface area contributed by atoms with Crippen LogP contribution in [0.25, 0.3) is 0 Å². The Morgan fingerprint density at radius 3 is 2.84 bits per heavy atom. The van der Waals surface area contributed by atoms with Crippen LogP contribution in [0.3, 0.4) is 0 Å². The first-order valence-corrected chi connectivity index (χ1v) is 6.18. The predicted molar refractivity (Wildman–Crippen MR) is 73.4 cm³/mol. The average Bonchev–Trinajstić information content (AvgIpc) is 2.38. The van der Waals surface area contributed by atoms with E-state index in [4.69, 9.17) is 9.84 Å². The Kier molecular flexibility index (Phi) is 4.30. The Morgan fingerprint density at radius 1 is 1.26 bits per heavy atom. The molecule has 0 aliphatic carbocycles. The molecule has 2 rings (SSSR count). The Labute approximate surface area is 112 Å². The van der Waals surface area contributed by atoms with Gasteiger partial charge in [-0.15, -0.1) is 0 Å². The normalized spacial score (nSPS) is 10.3. The first-order valence-electron chi connectivity index (χ1n) is 6.18. The zero-order valence-corrected chi connectivity index (χ0v) is 11.1. The summed E-state index contributed by atoms with van der Waals surface area (Å²) in [4.78, 5) is 8.52. The molecule has 1 aromatic carbocycles. The van der Waals surface area contributed by atoms with Crippen LogP contribution in [-0.4, -0.2) is 21.6 Å². The van der Waals surface area contributed by atoms with E-state index in [-0.39, 0.29) is 6.61 Å². The summed E-state index contributed by atoms with van der Waals surface area (Å²) in [5.41, 5.74) is 1.63. The third-order valence-electron chi connectivity index (χ3n) is 2.47. The quantitative estimate of drug-likeness (QED) is 0.863. The lowest BCUT2D eigenvalue weighted by atomic mass is 10.2. The summed E-state index contributed by atoms with van der Waals surface area (Å²) in [7, 11) is 0. The molecule has 0 spiro atoms. The lowest BCUT2D eigenvalue weighted by molar-refractivity contribution is 0.281. The Hall–Kier alpha value is -2.14. The molecule has 1 aromatic heterocycles.